The summed E-state index contributed by atoms with van der Waals surface area (Å²) < 4.78 is 17.8. The maximum atomic E-state index is 11.8. The number of aromatic nitrogens is 4. The highest BCUT2D eigenvalue weighted by Crippen LogP contribution is 2.34. The highest BCUT2D eigenvalue weighted by Gasteiger charge is 2.36. The molecule has 12 nitrogen and oxygen atoms in total. The smallest absolute Gasteiger partial charge is 0.280 e. The number of hydrogen-bond acceptors (Lipinski definition) is 10. The quantitative estimate of drug-likeness (QED) is 0.358. The van der Waals surface area contributed by atoms with Crippen molar-refractivity contribution in [3.8, 4) is 6.07 Å². The molecular formula is C13H18N7O5P. The van der Waals surface area contributed by atoms with Gasteiger partial charge in [-0.15, -0.1) is 0 Å². The minimum atomic E-state index is -1.66. The number of H-pyrrole nitrogens is 1. The monoisotopic (exact) mass is 383 g/mol. The van der Waals surface area contributed by atoms with Gasteiger partial charge in [-0.2, -0.15) is 10.2 Å². The van der Waals surface area contributed by atoms with E-state index in [1.54, 1.807) is 4.57 Å². The Morgan fingerprint density at radius 1 is 1.58 bits per heavy atom. The summed E-state index contributed by atoms with van der Waals surface area (Å²) in [6.07, 6.45) is -0.142. The number of rotatable bonds is 7. The maximum Gasteiger partial charge on any atom is 0.280 e. The van der Waals surface area contributed by atoms with Crippen LogP contribution in [-0.4, -0.2) is 50.0 Å². The average molecular weight is 383 g/mol. The van der Waals surface area contributed by atoms with Gasteiger partial charge in [0.2, 0.25) is 5.95 Å². The number of aliphatic hydroxyl groups is 1. The van der Waals surface area contributed by atoms with Crippen LogP contribution in [0.2, 0.25) is 0 Å². The lowest BCUT2D eigenvalue weighted by Gasteiger charge is -2.18. The van der Waals surface area contributed by atoms with Gasteiger partial charge in [0.25, 0.3) is 14.1 Å². The fourth-order valence-electron chi connectivity index (χ4n) is 2.56. The van der Waals surface area contributed by atoms with Crippen LogP contribution in [0.15, 0.2) is 11.1 Å². The molecule has 0 saturated carbocycles. The van der Waals surface area contributed by atoms with E-state index in [9.17, 15) is 9.90 Å². The summed E-state index contributed by atoms with van der Waals surface area (Å²) >= 11 is 0. The molecule has 2 aromatic heterocycles. The highest BCUT2D eigenvalue weighted by atomic mass is 31.2. The minimum absolute atomic E-state index is 0.0230. The fourth-order valence-corrected chi connectivity index (χ4v) is 3.19. The Bertz CT molecular complexity index is 865. The van der Waals surface area contributed by atoms with E-state index in [2.05, 4.69) is 15.0 Å². The summed E-state index contributed by atoms with van der Waals surface area (Å²) in [5.41, 5.74) is 11.2. The first-order valence-corrected chi connectivity index (χ1v) is 8.97. The Labute approximate surface area is 148 Å². The number of hydrogen-bond donors (Lipinski definition) is 4. The number of anilines is 1. The Kier molecular flexibility index (Phi) is 5.77. The van der Waals surface area contributed by atoms with Crippen LogP contribution in [0.25, 0.3) is 11.2 Å². The third kappa shape index (κ3) is 3.99. The summed E-state index contributed by atoms with van der Waals surface area (Å²) in [6, 6.07) is 1.93. The van der Waals surface area contributed by atoms with Crippen LogP contribution >= 0.6 is 8.53 Å². The van der Waals surface area contributed by atoms with Crippen molar-refractivity contribution in [1.29, 1.82) is 5.26 Å². The van der Waals surface area contributed by atoms with Gasteiger partial charge in [-0.05, 0) is 0 Å². The summed E-state index contributed by atoms with van der Waals surface area (Å²) in [5.74, 6) is -0.0361. The fraction of sp³-hybridized carbons (Fsp3) is 0.538. The molecular weight excluding hydrogens is 365 g/mol. The van der Waals surface area contributed by atoms with E-state index in [-0.39, 0.29) is 43.2 Å². The maximum absolute atomic E-state index is 11.8. The molecule has 13 heteroatoms. The second kappa shape index (κ2) is 8.05. The summed E-state index contributed by atoms with van der Waals surface area (Å²) in [4.78, 5) is 22.3. The van der Waals surface area contributed by atoms with Crippen LogP contribution < -0.4 is 16.8 Å². The molecule has 0 aliphatic carbocycles. The molecule has 0 amide bonds. The minimum Gasteiger partial charge on any atom is -0.390 e. The van der Waals surface area contributed by atoms with Gasteiger partial charge in [0, 0.05) is 6.42 Å². The van der Waals surface area contributed by atoms with Crippen LogP contribution in [0.1, 0.15) is 19.1 Å². The highest BCUT2D eigenvalue weighted by molar-refractivity contribution is 7.44. The van der Waals surface area contributed by atoms with Gasteiger partial charge < -0.3 is 24.6 Å². The lowest BCUT2D eigenvalue weighted by Crippen LogP contribution is -2.26. The molecule has 0 bridgehead atoms. The molecule has 3 heterocycles. The van der Waals surface area contributed by atoms with Crippen LogP contribution in [0.4, 0.5) is 5.95 Å². The van der Waals surface area contributed by atoms with Crippen molar-refractivity contribution in [2.75, 3.05) is 18.9 Å². The average Bonchev–Trinajstić information content (AvgIpc) is 3.16. The van der Waals surface area contributed by atoms with E-state index in [0.717, 1.165) is 0 Å². The third-order valence-electron chi connectivity index (χ3n) is 3.76. The molecule has 3 rings (SSSR count). The zero-order valence-corrected chi connectivity index (χ0v) is 14.5. The normalized spacial score (nSPS) is 24.0. The van der Waals surface area contributed by atoms with Gasteiger partial charge >= 0.3 is 0 Å². The van der Waals surface area contributed by atoms with Crippen molar-refractivity contribution in [2.45, 2.75) is 31.3 Å². The van der Waals surface area contributed by atoms with Crippen molar-refractivity contribution in [1.82, 2.24) is 19.5 Å². The predicted octanol–water partition coefficient (Wildman–Crippen LogP) is -0.517. The predicted molar refractivity (Wildman–Crippen MR) is 90.3 cm³/mol. The molecule has 2 aromatic rings. The number of ether oxygens (including phenoxy) is 1. The largest absolute Gasteiger partial charge is 0.390 e. The van der Waals surface area contributed by atoms with Crippen LogP contribution in [0.5, 0.6) is 0 Å². The molecule has 0 aromatic carbocycles. The molecule has 0 spiro atoms. The van der Waals surface area contributed by atoms with E-state index in [0.29, 0.717) is 0 Å². The van der Waals surface area contributed by atoms with Gasteiger partial charge in [0.15, 0.2) is 11.2 Å². The van der Waals surface area contributed by atoms with Crippen molar-refractivity contribution >= 4 is 25.6 Å². The van der Waals surface area contributed by atoms with Crippen LogP contribution in [-0.2, 0) is 13.8 Å². The molecule has 1 aliphatic rings. The van der Waals surface area contributed by atoms with Crippen LogP contribution in [0.3, 0.4) is 0 Å². The molecule has 140 valence electrons. The van der Waals surface area contributed by atoms with Crippen molar-refractivity contribution in [2.24, 2.45) is 5.50 Å². The number of nitrogens with zero attached hydrogens (tertiary/aromatic N) is 4. The number of nitriles is 1. The Balaban J connectivity index is 1.64. The molecule has 0 radical (unpaired) electrons. The number of aliphatic hydroxyl groups excluding tert-OH is 1. The second-order valence-electron chi connectivity index (χ2n) is 5.53. The van der Waals surface area contributed by atoms with E-state index in [1.165, 1.54) is 6.33 Å². The van der Waals surface area contributed by atoms with Gasteiger partial charge in [-0.3, -0.25) is 19.8 Å². The number of nitrogens with two attached hydrogens (primary N) is 2. The van der Waals surface area contributed by atoms with Gasteiger partial charge in [0.1, 0.15) is 12.3 Å². The van der Waals surface area contributed by atoms with Crippen molar-refractivity contribution < 1.29 is 18.9 Å². The number of imidazole rings is 1. The summed E-state index contributed by atoms with van der Waals surface area (Å²) in [6.45, 7) is 0.202. The van der Waals surface area contributed by atoms with E-state index in [4.69, 9.17) is 30.3 Å². The first-order valence-electron chi connectivity index (χ1n) is 7.73. The first kappa shape index (κ1) is 18.7. The van der Waals surface area contributed by atoms with Gasteiger partial charge in [-0.1, -0.05) is 0 Å². The third-order valence-corrected chi connectivity index (χ3v) is 4.60. The van der Waals surface area contributed by atoms with E-state index in [1.807, 2.05) is 6.07 Å². The number of aromatic amines is 1. The Hall–Kier alpha value is -2.13. The van der Waals surface area contributed by atoms with Crippen LogP contribution in [0, 0.1) is 11.3 Å². The van der Waals surface area contributed by atoms with Gasteiger partial charge in [0.05, 0.1) is 38.1 Å². The topological polar surface area (TPSA) is 187 Å². The number of nitrogens with one attached hydrogen (secondary N) is 1. The molecule has 6 N–H and O–H groups in total. The number of fused-ring (bicyclic) bond motifs is 1. The first-order chi connectivity index (χ1) is 12.5. The Morgan fingerprint density at radius 3 is 3.15 bits per heavy atom. The zero-order chi connectivity index (χ0) is 18.7. The Morgan fingerprint density at radius 2 is 2.38 bits per heavy atom. The zero-order valence-electron chi connectivity index (χ0n) is 13.6. The lowest BCUT2D eigenvalue weighted by atomic mass is 10.2. The molecule has 1 aliphatic heterocycles. The second-order valence-corrected chi connectivity index (χ2v) is 6.62. The molecule has 4 atom stereocenters. The van der Waals surface area contributed by atoms with Crippen molar-refractivity contribution in [3.05, 3.63) is 16.7 Å². The van der Waals surface area contributed by atoms with E-state index < -0.39 is 32.5 Å². The molecule has 26 heavy (non-hydrogen) atoms. The summed E-state index contributed by atoms with van der Waals surface area (Å²) in [7, 11) is -1.66. The standard InChI is InChI=1S/C13H18N7O5P/c14-2-1-3-23-26(16)24-5-8-7(21)4-9(25-8)20-6-17-10-11(20)18-13(15)19-12(10)22/h6-9,21H,1,3-5,16H2,(H3,15,18,19,22)/t7-,8+,9+,26?/m0/s1. The molecule has 1 fully saturated rings. The SMILES string of the molecule is N#CCCOP(N)OC[C@H]1O[C@@H](n2cnc3c(=O)[nH]c(N)nc32)C[C@@H]1O. The number of nitrogen functional groups attached to an aromatic ring is 1. The van der Waals surface area contributed by atoms with Crippen molar-refractivity contribution in [3.63, 3.8) is 0 Å². The van der Waals surface area contributed by atoms with E-state index >= 15 is 0 Å². The summed E-state index contributed by atoms with van der Waals surface area (Å²) in [5, 5.41) is 18.6. The van der Waals surface area contributed by atoms with Gasteiger partial charge in [-0.25, -0.2) is 4.98 Å². The lowest BCUT2D eigenvalue weighted by molar-refractivity contribution is -0.0384. The molecule has 1 saturated heterocycles. The molecule has 1 unspecified atom stereocenters.